The van der Waals surface area contributed by atoms with E-state index in [0.29, 0.717) is 17.9 Å². The van der Waals surface area contributed by atoms with Crippen molar-refractivity contribution in [1.82, 2.24) is 9.78 Å². The van der Waals surface area contributed by atoms with E-state index in [9.17, 15) is 17.6 Å². The van der Waals surface area contributed by atoms with Gasteiger partial charge in [0.1, 0.15) is 6.54 Å². The Morgan fingerprint density at radius 1 is 1.35 bits per heavy atom. The van der Waals surface area contributed by atoms with E-state index in [-0.39, 0.29) is 17.5 Å². The number of thiophene rings is 1. The second-order valence-corrected chi connectivity index (χ2v) is 5.12. The first-order chi connectivity index (χ1) is 8.83. The molecule has 0 spiro atoms. The van der Waals surface area contributed by atoms with Crippen LogP contribution >= 0.6 is 23.7 Å². The van der Waals surface area contributed by atoms with Gasteiger partial charge >= 0.3 is 6.18 Å². The average molecular weight is 330 g/mol. The fraction of sp³-hybridized carbons (Fsp3) is 0.364. The summed E-state index contributed by atoms with van der Waals surface area (Å²) in [6.07, 6.45) is -3.00. The van der Waals surface area contributed by atoms with Gasteiger partial charge in [-0.25, -0.2) is 0 Å². The van der Waals surface area contributed by atoms with Crippen molar-refractivity contribution in [2.24, 2.45) is 0 Å². The Kier molecular flexibility index (Phi) is 5.41. The Hall–Kier alpha value is -1.28. The van der Waals surface area contributed by atoms with E-state index >= 15 is 0 Å². The molecular weight excluding hydrogens is 318 g/mol. The molecule has 3 nitrogen and oxygen atoms in total. The lowest BCUT2D eigenvalue weighted by atomic mass is 10.4. The molecule has 0 amide bonds. The Bertz CT molecular complexity index is 564. The zero-order valence-electron chi connectivity index (χ0n) is 10.4. The topological polar surface area (TPSA) is 29.9 Å². The number of halogens is 5. The number of rotatable bonds is 4. The molecule has 2 aromatic heterocycles. The molecule has 2 aromatic rings. The molecule has 0 saturated heterocycles. The number of hydrogen-bond acceptors (Lipinski definition) is 3. The molecule has 1 N–H and O–H groups in total. The highest BCUT2D eigenvalue weighted by atomic mass is 35.5. The zero-order chi connectivity index (χ0) is 14.0. The molecule has 0 atom stereocenters. The van der Waals surface area contributed by atoms with Gasteiger partial charge in [0.25, 0.3) is 0 Å². The first-order valence-electron chi connectivity index (χ1n) is 5.42. The van der Waals surface area contributed by atoms with E-state index in [1.54, 1.807) is 13.0 Å². The number of aryl methyl sites for hydroxylation is 1. The highest BCUT2D eigenvalue weighted by molar-refractivity contribution is 7.10. The summed E-state index contributed by atoms with van der Waals surface area (Å²) in [5.41, 5.74) is 0.985. The second kappa shape index (κ2) is 6.45. The molecule has 0 radical (unpaired) electrons. The van der Waals surface area contributed by atoms with E-state index in [1.807, 2.05) is 0 Å². The number of nitrogens with zero attached hydrogens (tertiary/aromatic N) is 2. The molecule has 0 aliphatic heterocycles. The van der Waals surface area contributed by atoms with Gasteiger partial charge in [0.05, 0.1) is 11.4 Å². The predicted octanol–water partition coefficient (Wildman–Crippen LogP) is 3.99. The number of nitrogens with one attached hydrogen (secondary N) is 1. The minimum absolute atomic E-state index is 0. The van der Waals surface area contributed by atoms with Crippen molar-refractivity contribution >= 4 is 29.4 Å². The lowest BCUT2D eigenvalue weighted by Crippen LogP contribution is -2.17. The third kappa shape index (κ3) is 4.68. The molecule has 9 heteroatoms. The summed E-state index contributed by atoms with van der Waals surface area (Å²) in [5, 5.41) is 6.43. The molecule has 0 saturated carbocycles. The maximum atomic E-state index is 12.8. The average Bonchev–Trinajstić information content (AvgIpc) is 2.80. The van der Waals surface area contributed by atoms with Gasteiger partial charge in [0.15, 0.2) is 5.13 Å². The van der Waals surface area contributed by atoms with Gasteiger partial charge in [-0.2, -0.15) is 22.7 Å². The summed E-state index contributed by atoms with van der Waals surface area (Å²) in [6, 6.07) is 2.98. The Morgan fingerprint density at radius 2 is 2.05 bits per heavy atom. The summed E-state index contributed by atoms with van der Waals surface area (Å²) < 4.78 is 50.3. The number of anilines is 1. The van der Waals surface area contributed by atoms with Crippen molar-refractivity contribution < 1.29 is 17.6 Å². The molecule has 0 bridgehead atoms. The van der Waals surface area contributed by atoms with Crippen molar-refractivity contribution in [2.75, 3.05) is 5.32 Å². The summed E-state index contributed by atoms with van der Waals surface area (Å²) in [6.45, 7) is 0.848. The smallest absolute Gasteiger partial charge is 0.377 e. The second-order valence-electron chi connectivity index (χ2n) is 4.00. The predicted molar refractivity (Wildman–Crippen MR) is 71.9 cm³/mol. The van der Waals surface area contributed by atoms with Crippen LogP contribution in [0.4, 0.5) is 23.2 Å². The van der Waals surface area contributed by atoms with Gasteiger partial charge in [0.2, 0.25) is 0 Å². The van der Waals surface area contributed by atoms with Crippen LogP contribution in [0.25, 0.3) is 0 Å². The quantitative estimate of drug-likeness (QED) is 0.860. The number of hydrogen-bond donors (Lipinski definition) is 1. The van der Waals surface area contributed by atoms with Crippen LogP contribution in [-0.2, 0) is 13.1 Å². The Morgan fingerprint density at radius 3 is 2.60 bits per heavy atom. The number of alkyl halides is 3. The molecule has 0 aromatic carbocycles. The molecule has 112 valence electrons. The van der Waals surface area contributed by atoms with Crippen LogP contribution in [0.3, 0.4) is 0 Å². The summed E-state index contributed by atoms with van der Waals surface area (Å²) >= 11 is 0.993. The van der Waals surface area contributed by atoms with E-state index in [4.69, 9.17) is 0 Å². The molecular formula is C11H12ClF4N3S. The van der Waals surface area contributed by atoms with E-state index in [0.717, 1.165) is 20.9 Å². The molecule has 2 heterocycles. The van der Waals surface area contributed by atoms with Crippen LogP contribution < -0.4 is 5.32 Å². The maximum absolute atomic E-state index is 12.8. The van der Waals surface area contributed by atoms with Gasteiger partial charge < -0.3 is 5.32 Å². The Labute approximate surface area is 123 Å². The third-order valence-corrected chi connectivity index (χ3v) is 3.24. The fourth-order valence-corrected chi connectivity index (χ4v) is 2.25. The molecule has 0 aliphatic rings. The van der Waals surface area contributed by atoms with E-state index < -0.39 is 12.7 Å². The van der Waals surface area contributed by atoms with Crippen molar-refractivity contribution in [1.29, 1.82) is 0 Å². The maximum Gasteiger partial charge on any atom is 0.408 e. The van der Waals surface area contributed by atoms with Crippen LogP contribution in [0.5, 0.6) is 0 Å². The highest BCUT2D eigenvalue weighted by Gasteiger charge is 2.28. The molecule has 2 rings (SSSR count). The monoisotopic (exact) mass is 329 g/mol. The van der Waals surface area contributed by atoms with E-state index in [1.165, 1.54) is 12.3 Å². The summed E-state index contributed by atoms with van der Waals surface area (Å²) in [5.74, 6) is 0. The SMILES string of the molecule is Cc1nn(CC(F)(F)F)cc1NCc1ccc(F)s1.Cl. The van der Waals surface area contributed by atoms with Crippen LogP contribution in [-0.4, -0.2) is 16.0 Å². The van der Waals surface area contributed by atoms with Gasteiger partial charge in [-0.3, -0.25) is 4.68 Å². The van der Waals surface area contributed by atoms with Crippen LogP contribution in [0.15, 0.2) is 18.3 Å². The minimum atomic E-state index is -4.30. The van der Waals surface area contributed by atoms with Gasteiger partial charge in [-0.1, -0.05) is 0 Å². The molecule has 20 heavy (non-hydrogen) atoms. The molecule has 0 aliphatic carbocycles. The lowest BCUT2D eigenvalue weighted by molar-refractivity contribution is -0.142. The molecule has 0 unspecified atom stereocenters. The summed E-state index contributed by atoms with van der Waals surface area (Å²) in [4.78, 5) is 0.764. The lowest BCUT2D eigenvalue weighted by Gasteiger charge is -2.05. The van der Waals surface area contributed by atoms with Crippen molar-refractivity contribution in [2.45, 2.75) is 26.2 Å². The number of aromatic nitrogens is 2. The fourth-order valence-electron chi connectivity index (χ4n) is 1.59. The van der Waals surface area contributed by atoms with Gasteiger partial charge in [0, 0.05) is 17.6 Å². The zero-order valence-corrected chi connectivity index (χ0v) is 12.0. The van der Waals surface area contributed by atoms with Crippen molar-refractivity contribution in [3.63, 3.8) is 0 Å². The van der Waals surface area contributed by atoms with Crippen LogP contribution in [0, 0.1) is 12.1 Å². The van der Waals surface area contributed by atoms with Crippen LogP contribution in [0.1, 0.15) is 10.6 Å². The first-order valence-corrected chi connectivity index (χ1v) is 6.24. The third-order valence-electron chi connectivity index (χ3n) is 2.37. The standard InChI is InChI=1S/C11H11F4N3S.ClH/c1-7-9(5-18(17-7)6-11(13,14)15)16-4-8-2-3-10(12)19-8;/h2-3,5,16H,4,6H2,1H3;1H. The summed E-state index contributed by atoms with van der Waals surface area (Å²) in [7, 11) is 0. The van der Waals surface area contributed by atoms with Crippen molar-refractivity contribution in [3.05, 3.63) is 34.0 Å². The highest BCUT2D eigenvalue weighted by Crippen LogP contribution is 2.21. The van der Waals surface area contributed by atoms with Gasteiger partial charge in [-0.05, 0) is 19.1 Å². The first kappa shape index (κ1) is 16.8. The van der Waals surface area contributed by atoms with Gasteiger partial charge in [-0.15, -0.1) is 23.7 Å². The Balaban J connectivity index is 0.00000200. The van der Waals surface area contributed by atoms with E-state index in [2.05, 4.69) is 10.4 Å². The normalized spacial score (nSPS) is 11.2. The minimum Gasteiger partial charge on any atom is -0.377 e. The largest absolute Gasteiger partial charge is 0.408 e. The van der Waals surface area contributed by atoms with Crippen molar-refractivity contribution in [3.8, 4) is 0 Å². The molecule has 0 fully saturated rings. The van der Waals surface area contributed by atoms with Crippen LogP contribution in [0.2, 0.25) is 0 Å².